The number of nitrogens with one attached hydrogen (secondary N) is 1. The summed E-state index contributed by atoms with van der Waals surface area (Å²) in [7, 11) is 1.59. The first kappa shape index (κ1) is 14.3. The summed E-state index contributed by atoms with van der Waals surface area (Å²) in [5.41, 5.74) is 0. The maximum atomic E-state index is 12.9. The maximum Gasteiger partial charge on any atom is 0.377 e. The minimum Gasteiger partial charge on any atom is -0.456 e. The molecule has 0 aliphatic carbocycles. The van der Waals surface area contributed by atoms with Crippen molar-refractivity contribution in [2.75, 3.05) is 20.3 Å². The van der Waals surface area contributed by atoms with Gasteiger partial charge < -0.3 is 14.8 Å². The second kappa shape index (κ2) is 6.26. The van der Waals surface area contributed by atoms with Gasteiger partial charge in [-0.05, 0) is 6.42 Å². The maximum absolute atomic E-state index is 12.9. The molecule has 4 nitrogen and oxygen atoms in total. The Kier molecular flexibility index (Phi) is 5.27. The van der Waals surface area contributed by atoms with E-state index in [0.717, 1.165) is 12.8 Å². The van der Waals surface area contributed by atoms with Crippen LogP contribution in [0.3, 0.4) is 0 Å². The highest BCUT2D eigenvalue weighted by Gasteiger charge is 2.50. The summed E-state index contributed by atoms with van der Waals surface area (Å²) >= 11 is 0. The number of methoxy groups -OCH3 is 1. The first-order valence-corrected chi connectivity index (χ1v) is 5.80. The summed E-state index contributed by atoms with van der Waals surface area (Å²) in [5, 5.41) is 3.09. The van der Waals surface area contributed by atoms with Gasteiger partial charge in [-0.2, -0.15) is 8.78 Å². The van der Waals surface area contributed by atoms with Gasteiger partial charge >= 0.3 is 11.9 Å². The minimum atomic E-state index is -3.33. The van der Waals surface area contributed by atoms with E-state index in [2.05, 4.69) is 10.1 Å². The Morgan fingerprint density at radius 1 is 1.65 bits per heavy atom. The molecular weight excluding hydrogens is 232 g/mol. The molecule has 0 saturated carbocycles. The van der Waals surface area contributed by atoms with Crippen LogP contribution < -0.4 is 5.32 Å². The summed E-state index contributed by atoms with van der Waals surface area (Å²) < 4.78 is 35.4. The van der Waals surface area contributed by atoms with E-state index in [1.165, 1.54) is 0 Å². The fraction of sp³-hybridized carbons (Fsp3) is 0.909. The van der Waals surface area contributed by atoms with E-state index in [4.69, 9.17) is 4.74 Å². The lowest BCUT2D eigenvalue weighted by atomic mass is 10.1. The standard InChI is InChI=1S/C11H19F2NO3/c1-3-4-8(7-16-2)14-6-9-5-11(12,13)10(15)17-9/h8-9,14H,3-7H2,1-2H3. The van der Waals surface area contributed by atoms with Crippen molar-refractivity contribution in [2.45, 2.75) is 44.3 Å². The van der Waals surface area contributed by atoms with E-state index in [-0.39, 0.29) is 12.6 Å². The van der Waals surface area contributed by atoms with E-state index in [9.17, 15) is 13.6 Å². The summed E-state index contributed by atoms with van der Waals surface area (Å²) in [4.78, 5) is 10.8. The quantitative estimate of drug-likeness (QED) is 0.694. The lowest BCUT2D eigenvalue weighted by molar-refractivity contribution is -0.159. The molecule has 17 heavy (non-hydrogen) atoms. The van der Waals surface area contributed by atoms with E-state index in [1.54, 1.807) is 7.11 Å². The number of ether oxygens (including phenoxy) is 2. The zero-order valence-corrected chi connectivity index (χ0v) is 10.2. The van der Waals surface area contributed by atoms with Gasteiger partial charge in [-0.1, -0.05) is 13.3 Å². The zero-order chi connectivity index (χ0) is 12.9. The molecule has 100 valence electrons. The van der Waals surface area contributed by atoms with E-state index in [1.807, 2.05) is 6.92 Å². The lowest BCUT2D eigenvalue weighted by Crippen LogP contribution is -2.38. The fourth-order valence-electron chi connectivity index (χ4n) is 1.85. The molecule has 6 heteroatoms. The smallest absolute Gasteiger partial charge is 0.377 e. The molecule has 1 fully saturated rings. The van der Waals surface area contributed by atoms with Crippen molar-refractivity contribution in [1.82, 2.24) is 5.32 Å². The predicted molar refractivity (Wildman–Crippen MR) is 58.0 cm³/mol. The third-order valence-corrected chi connectivity index (χ3v) is 2.70. The fourth-order valence-corrected chi connectivity index (χ4v) is 1.85. The molecule has 1 aliphatic rings. The number of alkyl halides is 2. The average Bonchev–Trinajstić information content (AvgIpc) is 2.50. The minimum absolute atomic E-state index is 0.109. The molecule has 0 aromatic rings. The molecule has 0 amide bonds. The summed E-state index contributed by atoms with van der Waals surface area (Å²) in [6, 6.07) is 0.109. The third kappa shape index (κ3) is 4.20. The van der Waals surface area contributed by atoms with Crippen molar-refractivity contribution >= 4 is 5.97 Å². The van der Waals surface area contributed by atoms with Crippen molar-refractivity contribution in [1.29, 1.82) is 0 Å². The molecule has 0 bridgehead atoms. The van der Waals surface area contributed by atoms with Crippen LogP contribution in [0.4, 0.5) is 8.78 Å². The van der Waals surface area contributed by atoms with Crippen molar-refractivity contribution in [3.05, 3.63) is 0 Å². The number of carbonyl (C=O) groups is 1. The van der Waals surface area contributed by atoms with Gasteiger partial charge in [-0.25, -0.2) is 4.79 Å². The van der Waals surface area contributed by atoms with Crippen LogP contribution in [-0.4, -0.2) is 44.3 Å². The molecule has 1 heterocycles. The highest BCUT2D eigenvalue weighted by molar-refractivity contribution is 5.79. The molecule has 2 atom stereocenters. The van der Waals surface area contributed by atoms with Crippen molar-refractivity contribution in [3.8, 4) is 0 Å². The molecule has 1 rings (SSSR count). The monoisotopic (exact) mass is 251 g/mol. The highest BCUT2D eigenvalue weighted by Crippen LogP contribution is 2.30. The molecule has 0 aromatic heterocycles. The van der Waals surface area contributed by atoms with Gasteiger partial charge in [0.2, 0.25) is 0 Å². The summed E-state index contributed by atoms with van der Waals surface area (Å²) in [6.07, 6.45) is 0.589. The molecule has 1 N–H and O–H groups in total. The zero-order valence-electron chi connectivity index (χ0n) is 10.2. The first-order chi connectivity index (χ1) is 7.99. The number of hydrogen-bond acceptors (Lipinski definition) is 4. The average molecular weight is 251 g/mol. The Morgan fingerprint density at radius 3 is 2.82 bits per heavy atom. The van der Waals surface area contributed by atoms with Gasteiger partial charge in [-0.15, -0.1) is 0 Å². The van der Waals surface area contributed by atoms with E-state index >= 15 is 0 Å². The van der Waals surface area contributed by atoms with Crippen molar-refractivity contribution in [3.63, 3.8) is 0 Å². The van der Waals surface area contributed by atoms with Gasteiger partial charge in [0.15, 0.2) is 0 Å². The lowest BCUT2D eigenvalue weighted by Gasteiger charge is -2.19. The van der Waals surface area contributed by atoms with Crippen LogP contribution in [0.15, 0.2) is 0 Å². The highest BCUT2D eigenvalue weighted by atomic mass is 19.3. The van der Waals surface area contributed by atoms with Crippen LogP contribution >= 0.6 is 0 Å². The third-order valence-electron chi connectivity index (χ3n) is 2.70. The largest absolute Gasteiger partial charge is 0.456 e. The Hall–Kier alpha value is -0.750. The van der Waals surface area contributed by atoms with Crippen molar-refractivity contribution in [2.24, 2.45) is 0 Å². The van der Waals surface area contributed by atoms with Crippen molar-refractivity contribution < 1.29 is 23.0 Å². The van der Waals surface area contributed by atoms with Crippen LogP contribution in [0.2, 0.25) is 0 Å². The van der Waals surface area contributed by atoms with Crippen LogP contribution in [0.25, 0.3) is 0 Å². The molecule has 0 aromatic carbocycles. The number of esters is 1. The Morgan fingerprint density at radius 2 is 2.35 bits per heavy atom. The molecule has 1 saturated heterocycles. The van der Waals surface area contributed by atoms with Gasteiger partial charge in [0, 0.05) is 19.7 Å². The van der Waals surface area contributed by atoms with Crippen LogP contribution in [0.5, 0.6) is 0 Å². The number of halogens is 2. The number of rotatable bonds is 7. The molecule has 2 unspecified atom stereocenters. The van der Waals surface area contributed by atoms with Gasteiger partial charge in [-0.3, -0.25) is 0 Å². The normalized spacial score (nSPS) is 24.7. The number of cyclic esters (lactones) is 1. The molecular formula is C11H19F2NO3. The van der Waals surface area contributed by atoms with Gasteiger partial charge in [0.05, 0.1) is 13.0 Å². The molecule has 0 radical (unpaired) electrons. The predicted octanol–water partition coefficient (Wildman–Crippen LogP) is 1.34. The Bertz CT molecular complexity index is 255. The van der Waals surface area contributed by atoms with Gasteiger partial charge in [0.25, 0.3) is 0 Å². The van der Waals surface area contributed by atoms with Crippen LogP contribution in [0, 0.1) is 0 Å². The molecule has 1 aliphatic heterocycles. The molecule has 0 spiro atoms. The van der Waals surface area contributed by atoms with Crippen LogP contribution in [0.1, 0.15) is 26.2 Å². The SMILES string of the molecule is CCCC(COC)NCC1CC(F)(F)C(=O)O1. The second-order valence-electron chi connectivity index (χ2n) is 4.29. The van der Waals surface area contributed by atoms with Gasteiger partial charge in [0.1, 0.15) is 6.10 Å². The first-order valence-electron chi connectivity index (χ1n) is 5.80. The van der Waals surface area contributed by atoms with Crippen LogP contribution in [-0.2, 0) is 14.3 Å². The number of carbonyl (C=O) groups excluding carboxylic acids is 1. The topological polar surface area (TPSA) is 47.6 Å². The second-order valence-corrected chi connectivity index (χ2v) is 4.29. The Balaban J connectivity index is 2.33. The van der Waals surface area contributed by atoms with E-state index in [0.29, 0.717) is 6.61 Å². The summed E-state index contributed by atoms with van der Waals surface area (Å²) in [5.74, 6) is -4.74. The van der Waals surface area contributed by atoms with E-state index < -0.39 is 24.4 Å². The summed E-state index contributed by atoms with van der Waals surface area (Å²) in [6.45, 7) is 2.80. The number of hydrogen-bond donors (Lipinski definition) is 1. The Labute approximate surface area is 99.7 Å².